The van der Waals surface area contributed by atoms with E-state index in [-0.39, 0.29) is 6.61 Å². The van der Waals surface area contributed by atoms with E-state index in [4.69, 9.17) is 37.9 Å². The van der Waals surface area contributed by atoms with Crippen LogP contribution in [0.1, 0.15) is 40.2 Å². The van der Waals surface area contributed by atoms with E-state index in [9.17, 15) is 19.2 Å². The number of esters is 4. The molecular formula is C24H30O12. The molecular weight excluding hydrogens is 480 g/mol. The first-order valence-electron chi connectivity index (χ1n) is 11.3. The molecule has 12 heteroatoms. The predicted octanol–water partition coefficient (Wildman–Crippen LogP) is 1.45. The summed E-state index contributed by atoms with van der Waals surface area (Å²) in [6.45, 7) is 7.02. The lowest BCUT2D eigenvalue weighted by atomic mass is 9.97. The summed E-state index contributed by atoms with van der Waals surface area (Å²) in [5.41, 5.74) is 0.855. The van der Waals surface area contributed by atoms with E-state index in [1.54, 1.807) is 19.9 Å². The van der Waals surface area contributed by atoms with Gasteiger partial charge >= 0.3 is 23.9 Å². The number of methoxy groups -OCH3 is 1. The summed E-state index contributed by atoms with van der Waals surface area (Å²) in [5, 5.41) is 0. The molecule has 1 saturated heterocycles. The number of carbonyl (C=O) groups excluding carboxylic acids is 4. The second-order valence-electron chi connectivity index (χ2n) is 8.68. The third kappa shape index (κ3) is 6.64. The van der Waals surface area contributed by atoms with Crippen LogP contribution in [-0.2, 0) is 54.0 Å². The first-order chi connectivity index (χ1) is 16.9. The van der Waals surface area contributed by atoms with Gasteiger partial charge in [0, 0.05) is 34.6 Å². The third-order valence-electron chi connectivity index (χ3n) is 5.23. The average Bonchev–Trinajstić information content (AvgIpc) is 3.08. The standard InChI is InChI=1S/C24H30O12/c1-12(25)31-18-19(32-13(2)26)21(33-14(3)27)23(34-20(18)22(28)29-6)30-10-9-15-7-8-16-17(11-15)36-24(4,5)35-16/h7-8,11,18-21,23H,9-10H2,1-6H3/t18-,19-,20-,21+,23+/m0/s1. The van der Waals surface area contributed by atoms with Crippen LogP contribution in [0.2, 0.25) is 0 Å². The number of fused-ring (bicyclic) bond motifs is 1. The fraction of sp³-hybridized carbons (Fsp3) is 0.583. The van der Waals surface area contributed by atoms with Gasteiger partial charge in [0.25, 0.3) is 0 Å². The Kier molecular flexibility index (Phi) is 8.41. The van der Waals surface area contributed by atoms with Crippen molar-refractivity contribution in [1.82, 2.24) is 0 Å². The van der Waals surface area contributed by atoms with Crippen LogP contribution in [0.3, 0.4) is 0 Å². The zero-order valence-electron chi connectivity index (χ0n) is 20.9. The maximum absolute atomic E-state index is 12.5. The number of carbonyl (C=O) groups is 4. The Bertz CT molecular complexity index is 1000. The van der Waals surface area contributed by atoms with E-state index in [0.29, 0.717) is 17.9 Å². The minimum absolute atomic E-state index is 0.0599. The van der Waals surface area contributed by atoms with Gasteiger partial charge in [-0.05, 0) is 24.1 Å². The Balaban J connectivity index is 1.80. The lowest BCUT2D eigenvalue weighted by Crippen LogP contribution is -2.63. The van der Waals surface area contributed by atoms with E-state index in [2.05, 4.69) is 0 Å². The number of benzene rings is 1. The fourth-order valence-corrected chi connectivity index (χ4v) is 3.93. The van der Waals surface area contributed by atoms with Crippen LogP contribution in [-0.4, -0.2) is 74.1 Å². The molecule has 198 valence electrons. The van der Waals surface area contributed by atoms with Gasteiger partial charge in [-0.25, -0.2) is 4.79 Å². The molecule has 0 aliphatic carbocycles. The summed E-state index contributed by atoms with van der Waals surface area (Å²) >= 11 is 0. The van der Waals surface area contributed by atoms with E-state index in [1.807, 2.05) is 12.1 Å². The number of ether oxygens (including phenoxy) is 8. The summed E-state index contributed by atoms with van der Waals surface area (Å²) in [5.74, 6) is -2.72. The number of rotatable bonds is 8. The van der Waals surface area contributed by atoms with Crippen molar-refractivity contribution in [3.05, 3.63) is 23.8 Å². The number of hydrogen-bond acceptors (Lipinski definition) is 12. The monoisotopic (exact) mass is 510 g/mol. The van der Waals surface area contributed by atoms with Crippen LogP contribution < -0.4 is 9.47 Å². The Morgan fingerprint density at radius 3 is 2.06 bits per heavy atom. The van der Waals surface area contributed by atoms with Crippen LogP contribution in [0.5, 0.6) is 11.5 Å². The van der Waals surface area contributed by atoms with Crippen LogP contribution in [0.4, 0.5) is 0 Å². The second-order valence-corrected chi connectivity index (χ2v) is 8.68. The predicted molar refractivity (Wildman–Crippen MR) is 119 cm³/mol. The van der Waals surface area contributed by atoms with Gasteiger partial charge in [-0.15, -0.1) is 0 Å². The van der Waals surface area contributed by atoms with Crippen molar-refractivity contribution in [3.8, 4) is 11.5 Å². The molecule has 0 unspecified atom stereocenters. The maximum atomic E-state index is 12.5. The maximum Gasteiger partial charge on any atom is 0.339 e. The van der Waals surface area contributed by atoms with Gasteiger partial charge < -0.3 is 37.9 Å². The van der Waals surface area contributed by atoms with Crippen molar-refractivity contribution in [3.63, 3.8) is 0 Å². The summed E-state index contributed by atoms with van der Waals surface area (Å²) in [6, 6.07) is 5.44. The van der Waals surface area contributed by atoms with E-state index in [0.717, 1.165) is 33.4 Å². The molecule has 1 fully saturated rings. The van der Waals surface area contributed by atoms with Gasteiger partial charge in [-0.1, -0.05) is 6.07 Å². The molecule has 0 N–H and O–H groups in total. The second kappa shape index (κ2) is 11.1. The highest BCUT2D eigenvalue weighted by Crippen LogP contribution is 2.39. The molecule has 0 bridgehead atoms. The van der Waals surface area contributed by atoms with Crippen molar-refractivity contribution in [2.45, 2.75) is 77.5 Å². The first kappa shape index (κ1) is 27.2. The van der Waals surface area contributed by atoms with Gasteiger partial charge in [0.1, 0.15) is 0 Å². The van der Waals surface area contributed by atoms with E-state index >= 15 is 0 Å². The molecule has 0 amide bonds. The van der Waals surface area contributed by atoms with Crippen LogP contribution >= 0.6 is 0 Å². The summed E-state index contributed by atoms with van der Waals surface area (Å²) in [6.07, 6.45) is -6.64. The molecule has 1 aromatic rings. The molecule has 3 rings (SSSR count). The van der Waals surface area contributed by atoms with E-state index < -0.39 is 60.4 Å². The quantitative estimate of drug-likeness (QED) is 0.369. The van der Waals surface area contributed by atoms with E-state index in [1.165, 1.54) is 0 Å². The molecule has 0 aromatic heterocycles. The van der Waals surface area contributed by atoms with Gasteiger partial charge in [-0.2, -0.15) is 0 Å². The molecule has 0 radical (unpaired) electrons. The van der Waals surface area contributed by atoms with Crippen molar-refractivity contribution >= 4 is 23.9 Å². The van der Waals surface area contributed by atoms with Crippen molar-refractivity contribution < 1.29 is 57.1 Å². The smallest absolute Gasteiger partial charge is 0.339 e. The highest BCUT2D eigenvalue weighted by molar-refractivity contribution is 5.77. The fourth-order valence-electron chi connectivity index (χ4n) is 3.93. The molecule has 2 heterocycles. The average molecular weight is 510 g/mol. The summed E-state index contributed by atoms with van der Waals surface area (Å²) < 4.78 is 43.6. The molecule has 5 atom stereocenters. The van der Waals surface area contributed by atoms with Gasteiger partial charge in [0.05, 0.1) is 13.7 Å². The molecule has 0 saturated carbocycles. The lowest BCUT2D eigenvalue weighted by molar-refractivity contribution is -0.301. The van der Waals surface area contributed by atoms with Gasteiger partial charge in [-0.3, -0.25) is 14.4 Å². The summed E-state index contributed by atoms with van der Waals surface area (Å²) in [4.78, 5) is 47.9. The largest absolute Gasteiger partial charge is 0.467 e. The van der Waals surface area contributed by atoms with Crippen molar-refractivity contribution in [2.24, 2.45) is 0 Å². The zero-order chi connectivity index (χ0) is 26.6. The topological polar surface area (TPSA) is 142 Å². The highest BCUT2D eigenvalue weighted by atomic mass is 16.7. The normalized spacial score (nSPS) is 26.0. The SMILES string of the molecule is COC(=O)[C@H]1O[C@@H](OCCc2ccc3c(c2)OC(C)(C)O3)[C@H](OC(C)=O)[C@@H](OC(C)=O)[C@@H]1OC(C)=O. The number of hydrogen-bond donors (Lipinski definition) is 0. The van der Waals surface area contributed by atoms with Crippen LogP contribution in [0, 0.1) is 0 Å². The van der Waals surface area contributed by atoms with Crippen molar-refractivity contribution in [2.75, 3.05) is 13.7 Å². The highest BCUT2D eigenvalue weighted by Gasteiger charge is 2.55. The molecule has 36 heavy (non-hydrogen) atoms. The third-order valence-corrected chi connectivity index (χ3v) is 5.23. The molecule has 12 nitrogen and oxygen atoms in total. The van der Waals surface area contributed by atoms with Crippen LogP contribution in [0.15, 0.2) is 18.2 Å². The lowest BCUT2D eigenvalue weighted by Gasteiger charge is -2.43. The Hall–Kier alpha value is -3.38. The Labute approximate surface area is 208 Å². The molecule has 2 aliphatic rings. The molecule has 1 aromatic carbocycles. The van der Waals surface area contributed by atoms with Crippen molar-refractivity contribution in [1.29, 1.82) is 0 Å². The minimum atomic E-state index is -1.51. The van der Waals surface area contributed by atoms with Gasteiger partial charge in [0.15, 0.2) is 42.2 Å². The minimum Gasteiger partial charge on any atom is -0.467 e. The Morgan fingerprint density at radius 2 is 1.44 bits per heavy atom. The molecule has 0 spiro atoms. The summed E-state index contributed by atoms with van der Waals surface area (Å²) in [7, 11) is 1.12. The zero-order valence-corrected chi connectivity index (χ0v) is 20.9. The van der Waals surface area contributed by atoms with Crippen LogP contribution in [0.25, 0.3) is 0 Å². The Morgan fingerprint density at radius 1 is 0.861 bits per heavy atom. The molecule has 2 aliphatic heterocycles. The first-order valence-corrected chi connectivity index (χ1v) is 11.3. The van der Waals surface area contributed by atoms with Gasteiger partial charge in [0.2, 0.25) is 5.79 Å².